The molecule has 0 saturated carbocycles. The zero-order chi connectivity index (χ0) is 17.4. The van der Waals surface area contributed by atoms with Crippen LogP contribution >= 0.6 is 0 Å². The first kappa shape index (κ1) is 20.6. The Labute approximate surface area is 131 Å². The van der Waals surface area contributed by atoms with Crippen LogP contribution < -0.4 is 0 Å². The highest BCUT2D eigenvalue weighted by molar-refractivity contribution is 5.86. The molecule has 1 atom stereocenters. The summed E-state index contributed by atoms with van der Waals surface area (Å²) < 4.78 is 14.9. The minimum atomic E-state index is -1.27. The summed E-state index contributed by atoms with van der Waals surface area (Å²) in [4.78, 5) is 33.2. The molecule has 0 aromatic rings. The Morgan fingerprint density at radius 2 is 1.55 bits per heavy atom. The third-order valence-electron chi connectivity index (χ3n) is 2.29. The van der Waals surface area contributed by atoms with Crippen LogP contribution in [0.3, 0.4) is 0 Å². The first-order valence-electron chi connectivity index (χ1n) is 6.89. The van der Waals surface area contributed by atoms with Crippen LogP contribution in [0.5, 0.6) is 0 Å². The van der Waals surface area contributed by atoms with Crippen LogP contribution in [0.15, 0.2) is 12.2 Å². The number of hydrogen-bond donors (Lipinski definition) is 0. The molecule has 0 radical (unpaired) electrons. The molecule has 0 rings (SSSR count). The number of esters is 2. The minimum Gasteiger partial charge on any atom is -0.462 e. The molecule has 0 N–H and O–H groups in total. The van der Waals surface area contributed by atoms with Gasteiger partial charge in [0.25, 0.3) is 0 Å². The van der Waals surface area contributed by atoms with Gasteiger partial charge < -0.3 is 14.2 Å². The first-order chi connectivity index (χ1) is 9.99. The van der Waals surface area contributed by atoms with Crippen LogP contribution in [0.1, 0.15) is 41.0 Å². The lowest BCUT2D eigenvalue weighted by molar-refractivity contribution is -0.450. The minimum absolute atomic E-state index is 0.0412. The fourth-order valence-electron chi connectivity index (χ4n) is 1.08. The average Bonchev–Trinajstić information content (AvgIpc) is 2.40. The summed E-state index contributed by atoms with van der Waals surface area (Å²) in [6, 6.07) is 0. The Morgan fingerprint density at radius 3 is 2.00 bits per heavy atom. The molecule has 0 fully saturated rings. The highest BCUT2D eigenvalue weighted by Crippen LogP contribution is 2.21. The molecule has 0 aromatic carbocycles. The summed E-state index contributed by atoms with van der Waals surface area (Å²) in [5, 5.41) is 0. The van der Waals surface area contributed by atoms with Crippen LogP contribution in [0, 0.1) is 0 Å². The quantitative estimate of drug-likeness (QED) is 0.161. The molecule has 0 aliphatic rings. The number of hydrogen-bond acceptors (Lipinski definition) is 7. The molecular weight excluding hydrogens is 292 g/mol. The predicted molar refractivity (Wildman–Crippen MR) is 78.7 cm³/mol. The van der Waals surface area contributed by atoms with E-state index in [-0.39, 0.29) is 25.2 Å². The van der Waals surface area contributed by atoms with E-state index in [1.807, 2.05) is 0 Å². The molecule has 0 saturated heterocycles. The van der Waals surface area contributed by atoms with E-state index in [1.165, 1.54) is 14.0 Å². The summed E-state index contributed by atoms with van der Waals surface area (Å²) in [5.74, 6) is -2.36. The largest absolute Gasteiger partial charge is 0.462 e. The fraction of sp³-hybridized carbons (Fsp3) is 0.733. The molecule has 0 spiro atoms. The van der Waals surface area contributed by atoms with Crippen LogP contribution in [-0.4, -0.2) is 43.7 Å². The Morgan fingerprint density at radius 1 is 1.00 bits per heavy atom. The molecule has 0 aliphatic heterocycles. The van der Waals surface area contributed by atoms with Crippen LogP contribution in [0.25, 0.3) is 0 Å². The maximum Gasteiger partial charge on any atom is 0.333 e. The van der Waals surface area contributed by atoms with Crippen LogP contribution in [-0.2, 0) is 33.6 Å². The van der Waals surface area contributed by atoms with E-state index in [0.29, 0.717) is 0 Å². The second-order valence-corrected chi connectivity index (χ2v) is 5.93. The maximum atomic E-state index is 11.7. The van der Waals surface area contributed by atoms with Gasteiger partial charge in [0, 0.05) is 12.7 Å². The number of carbonyl (C=O) groups is 2. The average molecular weight is 318 g/mol. The lowest BCUT2D eigenvalue weighted by Crippen LogP contribution is -2.37. The predicted octanol–water partition coefficient (Wildman–Crippen LogP) is 2.15. The van der Waals surface area contributed by atoms with E-state index in [1.54, 1.807) is 27.7 Å². The molecule has 0 bridgehead atoms. The number of ether oxygens (including phenoxy) is 3. The van der Waals surface area contributed by atoms with Crippen LogP contribution in [0.2, 0.25) is 0 Å². The molecule has 128 valence electrons. The Kier molecular flexibility index (Phi) is 8.29. The second kappa shape index (κ2) is 8.87. The lowest BCUT2D eigenvalue weighted by Gasteiger charge is -2.29. The van der Waals surface area contributed by atoms with Crippen LogP contribution in [0.4, 0.5) is 0 Å². The summed E-state index contributed by atoms with van der Waals surface area (Å²) in [6.07, 6.45) is -0.173. The zero-order valence-electron chi connectivity index (χ0n) is 14.2. The molecular formula is C15H26O7. The van der Waals surface area contributed by atoms with Crippen molar-refractivity contribution in [3.05, 3.63) is 12.2 Å². The molecule has 0 aliphatic carbocycles. The SMILES string of the molecule is C=C(C)C(=O)OCCOC(=O)CC(C)(OC)OOC(C)(C)C. The molecule has 1 unspecified atom stereocenters. The van der Waals surface area contributed by atoms with E-state index < -0.39 is 23.3 Å². The highest BCUT2D eigenvalue weighted by Gasteiger charge is 2.32. The standard InChI is InChI=1S/C15H26O7/c1-11(2)13(17)20-9-8-19-12(16)10-15(6,18-7)22-21-14(3,4)5/h1,8-10H2,2-7H3. The molecule has 7 nitrogen and oxygen atoms in total. The van der Waals surface area contributed by atoms with Crippen molar-refractivity contribution in [3.63, 3.8) is 0 Å². The summed E-state index contributed by atoms with van der Waals surface area (Å²) in [7, 11) is 1.40. The topological polar surface area (TPSA) is 80.3 Å². The monoisotopic (exact) mass is 318 g/mol. The van der Waals surface area contributed by atoms with Crippen molar-refractivity contribution in [2.75, 3.05) is 20.3 Å². The van der Waals surface area contributed by atoms with E-state index >= 15 is 0 Å². The van der Waals surface area contributed by atoms with Gasteiger partial charge in [0.05, 0.1) is 5.60 Å². The van der Waals surface area contributed by atoms with E-state index in [9.17, 15) is 9.59 Å². The van der Waals surface area contributed by atoms with Crippen molar-refractivity contribution in [1.82, 2.24) is 0 Å². The van der Waals surface area contributed by atoms with Crippen molar-refractivity contribution >= 4 is 11.9 Å². The summed E-state index contributed by atoms with van der Waals surface area (Å²) in [6.45, 7) is 11.8. The molecule has 22 heavy (non-hydrogen) atoms. The normalized spacial score (nSPS) is 14.1. The van der Waals surface area contributed by atoms with Gasteiger partial charge in [0.1, 0.15) is 19.6 Å². The van der Waals surface area contributed by atoms with Crippen molar-refractivity contribution in [1.29, 1.82) is 0 Å². The lowest BCUT2D eigenvalue weighted by atomic mass is 10.2. The van der Waals surface area contributed by atoms with Gasteiger partial charge in [0.15, 0.2) is 0 Å². The molecule has 0 aromatic heterocycles. The first-order valence-corrected chi connectivity index (χ1v) is 6.89. The number of carbonyl (C=O) groups excluding carboxylic acids is 2. The summed E-state index contributed by atoms with van der Waals surface area (Å²) in [5.41, 5.74) is -0.258. The van der Waals surface area contributed by atoms with Crippen molar-refractivity contribution in [2.24, 2.45) is 0 Å². The van der Waals surface area contributed by atoms with Gasteiger partial charge in [-0.05, 0) is 34.6 Å². The van der Waals surface area contributed by atoms with E-state index in [0.717, 1.165) is 0 Å². The second-order valence-electron chi connectivity index (χ2n) is 5.93. The third-order valence-corrected chi connectivity index (χ3v) is 2.29. The number of methoxy groups -OCH3 is 1. The molecule has 0 heterocycles. The van der Waals surface area contributed by atoms with Gasteiger partial charge >= 0.3 is 11.9 Å². The van der Waals surface area contributed by atoms with Gasteiger partial charge in [-0.3, -0.25) is 4.79 Å². The fourth-order valence-corrected chi connectivity index (χ4v) is 1.08. The highest BCUT2D eigenvalue weighted by atomic mass is 17.2. The van der Waals surface area contributed by atoms with Gasteiger partial charge in [-0.2, -0.15) is 0 Å². The van der Waals surface area contributed by atoms with E-state index in [2.05, 4.69) is 6.58 Å². The third kappa shape index (κ3) is 9.49. The zero-order valence-corrected chi connectivity index (χ0v) is 14.2. The van der Waals surface area contributed by atoms with E-state index in [4.69, 9.17) is 24.0 Å². The Bertz CT molecular complexity index is 397. The maximum absolute atomic E-state index is 11.7. The van der Waals surface area contributed by atoms with Gasteiger partial charge in [0.2, 0.25) is 5.79 Å². The van der Waals surface area contributed by atoms with Gasteiger partial charge in [-0.25, -0.2) is 14.6 Å². The Hall–Kier alpha value is -1.44. The smallest absolute Gasteiger partial charge is 0.333 e. The Balaban J connectivity index is 4.15. The van der Waals surface area contributed by atoms with Crippen molar-refractivity contribution in [3.8, 4) is 0 Å². The number of rotatable bonds is 9. The van der Waals surface area contributed by atoms with Gasteiger partial charge in [-0.15, -0.1) is 0 Å². The van der Waals surface area contributed by atoms with Crippen molar-refractivity contribution < 1.29 is 33.6 Å². The van der Waals surface area contributed by atoms with Gasteiger partial charge in [-0.1, -0.05) is 6.58 Å². The molecule has 7 heteroatoms. The van der Waals surface area contributed by atoms with Crippen molar-refractivity contribution in [2.45, 2.75) is 52.4 Å². The molecule has 0 amide bonds. The summed E-state index contributed by atoms with van der Waals surface area (Å²) >= 11 is 0.